The van der Waals surface area contributed by atoms with Crippen LogP contribution in [-0.2, 0) is 23.3 Å². The number of benzene rings is 1. The number of hydrogen-bond acceptors (Lipinski definition) is 6. The fourth-order valence-electron chi connectivity index (χ4n) is 1.86. The van der Waals surface area contributed by atoms with Gasteiger partial charge in [0.2, 0.25) is 0 Å². The monoisotopic (exact) mass is 371 g/mol. The molecule has 0 spiro atoms. The fraction of sp³-hybridized carbons (Fsp3) is 0.429. The van der Waals surface area contributed by atoms with Gasteiger partial charge in [-0.25, -0.2) is 0 Å². The van der Waals surface area contributed by atoms with Crippen LogP contribution in [0.25, 0.3) is 0 Å². The van der Waals surface area contributed by atoms with Gasteiger partial charge in [0.15, 0.2) is 0 Å². The first kappa shape index (κ1) is 18.6. The van der Waals surface area contributed by atoms with Crippen LogP contribution in [-0.4, -0.2) is 46.1 Å². The average Bonchev–Trinajstić information content (AvgIpc) is 2.53. The summed E-state index contributed by atoms with van der Waals surface area (Å²) in [7, 11) is 0. The van der Waals surface area contributed by atoms with Crippen LogP contribution in [0.4, 0.5) is 5.69 Å². The average molecular weight is 370 g/mol. The zero-order valence-corrected chi connectivity index (χ0v) is 14.7. The Balaban J connectivity index is 2.62. The number of rotatable bonds is 9. The van der Waals surface area contributed by atoms with Crippen LogP contribution in [0.2, 0.25) is 0 Å². The number of anilines is 1. The second kappa shape index (κ2) is 10.3. The molecule has 0 fully saturated rings. The van der Waals surface area contributed by atoms with E-state index in [4.69, 9.17) is 9.99 Å². The van der Waals surface area contributed by atoms with Crippen LogP contribution < -0.4 is 9.30 Å². The quantitative estimate of drug-likeness (QED) is 0.303. The molecule has 0 aliphatic carbocycles. The molecule has 120 valence electrons. The van der Waals surface area contributed by atoms with E-state index < -0.39 is 15.8 Å². The van der Waals surface area contributed by atoms with Crippen molar-refractivity contribution in [3.8, 4) is 0 Å². The Morgan fingerprint density at radius 1 is 1.18 bits per heavy atom. The normalized spacial score (nSPS) is 10.3. The Labute approximate surface area is 135 Å². The van der Waals surface area contributed by atoms with E-state index in [-0.39, 0.29) is 24.7 Å². The van der Waals surface area contributed by atoms with Gasteiger partial charge >= 0.3 is 135 Å². The molecule has 1 rings (SSSR count). The fourth-order valence-corrected chi connectivity index (χ4v) is 2.77. The summed E-state index contributed by atoms with van der Waals surface area (Å²) < 4.78 is 10.3. The molecule has 1 aromatic rings. The van der Waals surface area contributed by atoms with Gasteiger partial charge in [-0.2, -0.15) is 0 Å². The number of ether oxygens (including phenoxy) is 1. The van der Waals surface area contributed by atoms with Gasteiger partial charge in [-0.15, -0.1) is 0 Å². The molecule has 0 saturated carbocycles. The van der Waals surface area contributed by atoms with Crippen LogP contribution in [0.1, 0.15) is 26.7 Å². The number of esters is 1. The third kappa shape index (κ3) is 6.14. The van der Waals surface area contributed by atoms with E-state index in [9.17, 15) is 9.59 Å². The molecule has 1 aromatic carbocycles. The van der Waals surface area contributed by atoms with Gasteiger partial charge in [0.25, 0.3) is 0 Å². The molecule has 7 nitrogen and oxygen atoms in total. The SMILES string of the molecule is CCOC(=O)CCC(=O)N(CC)c1cc[c]([Ge][O]OO)cc1. The van der Waals surface area contributed by atoms with Crippen LogP contribution in [0.15, 0.2) is 24.3 Å². The molecule has 1 amide bonds. The molecule has 8 heteroatoms. The van der Waals surface area contributed by atoms with Gasteiger partial charge in [-0.3, -0.25) is 0 Å². The van der Waals surface area contributed by atoms with E-state index in [2.05, 4.69) is 8.95 Å². The molecule has 0 saturated heterocycles. The second-order valence-corrected chi connectivity index (χ2v) is 6.24. The topological polar surface area (TPSA) is 85.3 Å². The van der Waals surface area contributed by atoms with Crippen molar-refractivity contribution < 1.29 is 28.5 Å². The van der Waals surface area contributed by atoms with Gasteiger partial charge in [-0.1, -0.05) is 0 Å². The standard InChI is InChI=1S/C14H19GeNO6/c1-3-16(13(17)9-10-14(18)20-4-2)12-7-5-11(6-8-12)15-21-22-19/h5-8,19H,3-4,9-10H2,1-2H3. The minimum absolute atomic E-state index is 0.0785. The molecule has 0 bridgehead atoms. The summed E-state index contributed by atoms with van der Waals surface area (Å²) in [5, 5.41) is 11.7. The third-order valence-electron chi connectivity index (χ3n) is 2.84. The van der Waals surface area contributed by atoms with E-state index in [0.717, 1.165) is 10.1 Å². The van der Waals surface area contributed by atoms with Gasteiger partial charge in [0, 0.05) is 0 Å². The molecular formula is C14H19GeNO6. The van der Waals surface area contributed by atoms with Crippen molar-refractivity contribution in [2.45, 2.75) is 26.7 Å². The van der Waals surface area contributed by atoms with Gasteiger partial charge in [0.1, 0.15) is 0 Å². The Kier molecular flexibility index (Phi) is 8.75. The molecule has 0 atom stereocenters. The number of amides is 1. The van der Waals surface area contributed by atoms with Crippen LogP contribution in [0.5, 0.6) is 0 Å². The minimum atomic E-state index is -1.02. The number of carbonyl (C=O) groups excluding carboxylic acids is 2. The van der Waals surface area contributed by atoms with E-state index >= 15 is 0 Å². The molecular weight excluding hydrogens is 351 g/mol. The van der Waals surface area contributed by atoms with Gasteiger partial charge in [-0.05, 0) is 0 Å². The van der Waals surface area contributed by atoms with Crippen molar-refractivity contribution in [2.24, 2.45) is 0 Å². The summed E-state index contributed by atoms with van der Waals surface area (Å²) in [4.78, 5) is 25.1. The van der Waals surface area contributed by atoms with Crippen LogP contribution in [0, 0.1) is 0 Å². The van der Waals surface area contributed by atoms with Crippen LogP contribution in [0.3, 0.4) is 0 Å². The Bertz CT molecular complexity index is 479. The van der Waals surface area contributed by atoms with E-state index in [1.54, 1.807) is 24.0 Å². The van der Waals surface area contributed by atoms with E-state index in [0.29, 0.717) is 13.2 Å². The van der Waals surface area contributed by atoms with E-state index in [1.165, 1.54) is 0 Å². The summed E-state index contributed by atoms with van der Waals surface area (Å²) in [6, 6.07) is 7.22. The molecule has 0 unspecified atom stereocenters. The Morgan fingerprint density at radius 2 is 1.86 bits per heavy atom. The molecule has 1 N–H and O–H groups in total. The third-order valence-corrected chi connectivity index (χ3v) is 4.37. The zero-order chi connectivity index (χ0) is 16.4. The molecule has 0 heterocycles. The van der Waals surface area contributed by atoms with E-state index in [1.807, 2.05) is 19.1 Å². The zero-order valence-electron chi connectivity index (χ0n) is 12.6. The first-order valence-corrected chi connectivity index (χ1v) is 8.82. The molecule has 0 aliphatic heterocycles. The first-order chi connectivity index (χ1) is 10.6. The first-order valence-electron chi connectivity index (χ1n) is 6.91. The summed E-state index contributed by atoms with van der Waals surface area (Å²) >= 11 is -1.02. The summed E-state index contributed by atoms with van der Waals surface area (Å²) in [6.45, 7) is 4.42. The van der Waals surface area contributed by atoms with Crippen molar-refractivity contribution >= 4 is 37.7 Å². The molecule has 0 aliphatic rings. The van der Waals surface area contributed by atoms with Crippen molar-refractivity contribution in [1.82, 2.24) is 0 Å². The molecule has 2 radical (unpaired) electrons. The predicted molar refractivity (Wildman–Crippen MR) is 80.5 cm³/mol. The number of hydrogen-bond donors (Lipinski definition) is 1. The summed E-state index contributed by atoms with van der Waals surface area (Å²) in [6.07, 6.45) is 0.193. The number of carbonyl (C=O) groups is 2. The summed E-state index contributed by atoms with van der Waals surface area (Å²) in [5.41, 5.74) is 0.747. The van der Waals surface area contributed by atoms with Crippen molar-refractivity contribution in [3.63, 3.8) is 0 Å². The maximum absolute atomic E-state index is 12.2. The number of nitrogens with zero attached hydrogens (tertiary/aromatic N) is 1. The van der Waals surface area contributed by atoms with Gasteiger partial charge in [0.05, 0.1) is 0 Å². The maximum atomic E-state index is 12.2. The van der Waals surface area contributed by atoms with Crippen molar-refractivity contribution in [3.05, 3.63) is 24.3 Å². The summed E-state index contributed by atoms with van der Waals surface area (Å²) in [5.74, 6) is -0.497. The van der Waals surface area contributed by atoms with Crippen LogP contribution >= 0.6 is 0 Å². The predicted octanol–water partition coefficient (Wildman–Crippen LogP) is 1.05. The Morgan fingerprint density at radius 3 is 2.41 bits per heavy atom. The Hall–Kier alpha value is -1.42. The second-order valence-electron chi connectivity index (χ2n) is 4.25. The van der Waals surface area contributed by atoms with Gasteiger partial charge < -0.3 is 0 Å². The molecule has 0 aromatic heterocycles. The van der Waals surface area contributed by atoms with Crippen molar-refractivity contribution in [1.29, 1.82) is 0 Å². The van der Waals surface area contributed by atoms with Crippen molar-refractivity contribution in [2.75, 3.05) is 18.1 Å². The molecule has 22 heavy (non-hydrogen) atoms.